The lowest BCUT2D eigenvalue weighted by atomic mass is 9.93. The van der Waals surface area contributed by atoms with Crippen LogP contribution < -0.4 is 0 Å². The molecule has 0 bridgehead atoms. The topological polar surface area (TPSA) is 42.3 Å². The molecule has 6 heteroatoms. The number of hydrogen-bond acceptors (Lipinski definition) is 2. The Balaban J connectivity index is 2.37. The molecule has 1 atom stereocenters. The Morgan fingerprint density at radius 3 is 2.40 bits per heavy atom. The van der Waals surface area contributed by atoms with Crippen molar-refractivity contribution >= 4 is 49.1 Å². The fraction of sp³-hybridized carbons (Fsp3) is 0.571. The molecule has 20 heavy (non-hydrogen) atoms. The summed E-state index contributed by atoms with van der Waals surface area (Å²) in [5.74, 6) is 0. The summed E-state index contributed by atoms with van der Waals surface area (Å²) >= 11 is 7.17. The highest BCUT2D eigenvalue weighted by Crippen LogP contribution is 2.33. The van der Waals surface area contributed by atoms with Gasteiger partial charge in [0.15, 0.2) is 0 Å². The van der Waals surface area contributed by atoms with Crippen LogP contribution >= 0.6 is 31.9 Å². The van der Waals surface area contributed by atoms with E-state index in [0.29, 0.717) is 0 Å². The molecule has 0 N–H and O–H groups in total. The molecule has 0 saturated heterocycles. The second-order valence-electron chi connectivity index (χ2n) is 5.86. The van der Waals surface area contributed by atoms with Crippen LogP contribution in [-0.4, -0.2) is 20.2 Å². The number of nitrogens with zero attached hydrogens (tertiary/aromatic N) is 2. The maximum absolute atomic E-state index is 12.0. The zero-order valence-electron chi connectivity index (χ0n) is 11.9. The highest BCUT2D eigenvalue weighted by Gasteiger charge is 2.21. The van der Waals surface area contributed by atoms with Crippen LogP contribution in [0.4, 0.5) is 0 Å². The van der Waals surface area contributed by atoms with Gasteiger partial charge in [0.25, 0.3) is 0 Å². The average molecular weight is 422 g/mol. The second kappa shape index (κ2) is 6.36. The Morgan fingerprint density at radius 2 is 1.80 bits per heavy atom. The van der Waals surface area contributed by atoms with Gasteiger partial charge in [0, 0.05) is 4.47 Å². The van der Waals surface area contributed by atoms with Crippen molar-refractivity contribution in [3.63, 3.8) is 0 Å². The van der Waals surface area contributed by atoms with Crippen molar-refractivity contribution in [1.29, 1.82) is 0 Å². The minimum atomic E-state index is -1.26. The molecule has 0 aliphatic heterocycles. The Hall–Kier alpha value is -0.0700. The minimum Gasteiger partial charge on any atom is -0.238 e. The van der Waals surface area contributed by atoms with Crippen molar-refractivity contribution in [2.75, 3.05) is 0 Å². The molecule has 0 aromatic carbocycles. The van der Waals surface area contributed by atoms with E-state index in [1.165, 1.54) is 24.0 Å². The Kier molecular flexibility index (Phi) is 5.19. The molecule has 0 spiro atoms. The van der Waals surface area contributed by atoms with Crippen molar-refractivity contribution in [3.05, 3.63) is 25.9 Å². The molecule has 1 aliphatic carbocycles. The zero-order valence-corrected chi connectivity index (χ0v) is 15.9. The maximum atomic E-state index is 12.0. The van der Waals surface area contributed by atoms with Gasteiger partial charge in [0.2, 0.25) is 0 Å². The lowest BCUT2D eigenvalue weighted by molar-refractivity contribution is 0.651. The summed E-state index contributed by atoms with van der Waals surface area (Å²) in [6.07, 6.45) is 6.14. The van der Waals surface area contributed by atoms with E-state index in [1.54, 1.807) is 6.21 Å². The van der Waals surface area contributed by atoms with Gasteiger partial charge >= 0.3 is 0 Å². The van der Waals surface area contributed by atoms with Gasteiger partial charge in [-0.2, -0.15) is 4.40 Å². The number of halogens is 2. The van der Waals surface area contributed by atoms with Crippen molar-refractivity contribution in [2.45, 2.75) is 51.2 Å². The summed E-state index contributed by atoms with van der Waals surface area (Å²) in [7, 11) is -1.26. The molecule has 0 saturated carbocycles. The summed E-state index contributed by atoms with van der Waals surface area (Å²) in [5.41, 5.74) is 3.34. The van der Waals surface area contributed by atoms with Crippen LogP contribution in [0.15, 0.2) is 13.5 Å². The molecule has 0 radical (unpaired) electrons. The lowest BCUT2D eigenvalue weighted by Gasteiger charge is -2.19. The SMILES string of the molecule is CC(C)(C)S(=O)N=Cc1nc(Br)c2c(c1Br)CCCC2. The van der Waals surface area contributed by atoms with Gasteiger partial charge in [0.1, 0.15) is 15.6 Å². The molecule has 1 unspecified atom stereocenters. The average Bonchev–Trinajstić information content (AvgIpc) is 2.40. The molecule has 3 nitrogen and oxygen atoms in total. The normalized spacial score (nSPS) is 17.2. The molecule has 1 heterocycles. The molecule has 2 rings (SSSR count). The fourth-order valence-electron chi connectivity index (χ4n) is 2.09. The first-order valence-electron chi connectivity index (χ1n) is 6.63. The van der Waals surface area contributed by atoms with Crippen LogP contribution in [0.1, 0.15) is 50.4 Å². The van der Waals surface area contributed by atoms with Gasteiger partial charge < -0.3 is 0 Å². The van der Waals surface area contributed by atoms with E-state index >= 15 is 0 Å². The van der Waals surface area contributed by atoms with Gasteiger partial charge in [-0.05, 0) is 89.4 Å². The number of rotatable bonds is 2. The zero-order chi connectivity index (χ0) is 14.9. The van der Waals surface area contributed by atoms with E-state index in [4.69, 9.17) is 0 Å². The highest BCUT2D eigenvalue weighted by atomic mass is 79.9. The number of fused-ring (bicyclic) bond motifs is 1. The van der Waals surface area contributed by atoms with Gasteiger partial charge in [-0.15, -0.1) is 0 Å². The molecular weight excluding hydrogens is 404 g/mol. The molecule has 1 aromatic rings. The van der Waals surface area contributed by atoms with Crippen molar-refractivity contribution in [1.82, 2.24) is 4.98 Å². The second-order valence-corrected chi connectivity index (χ2v) is 9.34. The quantitative estimate of drug-likeness (QED) is 0.525. The molecule has 1 aliphatic rings. The predicted molar refractivity (Wildman–Crippen MR) is 91.8 cm³/mol. The largest absolute Gasteiger partial charge is 0.238 e. The smallest absolute Gasteiger partial charge is 0.144 e. The monoisotopic (exact) mass is 420 g/mol. The standard InChI is InChI=1S/C14H18Br2N2OS/c1-14(2,3)20(19)17-8-11-12(15)9-6-4-5-7-10(9)13(16)18-11/h8H,4-7H2,1-3H3. The molecule has 0 amide bonds. The van der Waals surface area contributed by atoms with Crippen molar-refractivity contribution in [2.24, 2.45) is 4.40 Å². The van der Waals surface area contributed by atoms with Gasteiger partial charge in [-0.1, -0.05) is 0 Å². The first kappa shape index (κ1) is 16.3. The summed E-state index contributed by atoms with van der Waals surface area (Å²) in [5, 5.41) is 0. The minimum absolute atomic E-state index is 0.353. The number of hydrogen-bond donors (Lipinski definition) is 0. The van der Waals surface area contributed by atoms with Crippen molar-refractivity contribution in [3.8, 4) is 0 Å². The Bertz CT molecular complexity index is 580. The third-order valence-corrected chi connectivity index (χ3v) is 6.11. The van der Waals surface area contributed by atoms with Gasteiger partial charge in [-0.3, -0.25) is 0 Å². The Labute approximate surface area is 139 Å². The summed E-state index contributed by atoms with van der Waals surface area (Å²) in [6, 6.07) is 0. The first-order valence-corrected chi connectivity index (χ1v) is 9.33. The molecular formula is C14H18Br2N2OS. The van der Waals surface area contributed by atoms with Gasteiger partial charge in [0.05, 0.1) is 16.7 Å². The van der Waals surface area contributed by atoms with Crippen LogP contribution in [0, 0.1) is 0 Å². The lowest BCUT2D eigenvalue weighted by Crippen LogP contribution is -2.19. The van der Waals surface area contributed by atoms with E-state index in [0.717, 1.165) is 27.6 Å². The number of aromatic nitrogens is 1. The number of pyridine rings is 1. The highest BCUT2D eigenvalue weighted by molar-refractivity contribution is 9.11. The summed E-state index contributed by atoms with van der Waals surface area (Å²) in [4.78, 5) is 4.53. The summed E-state index contributed by atoms with van der Waals surface area (Å²) in [6.45, 7) is 5.73. The molecule has 0 fully saturated rings. The fourth-order valence-corrected chi connectivity index (χ4v) is 3.86. The van der Waals surface area contributed by atoms with Crippen molar-refractivity contribution < 1.29 is 4.21 Å². The maximum Gasteiger partial charge on any atom is 0.144 e. The van der Waals surface area contributed by atoms with Crippen LogP contribution in [0.2, 0.25) is 0 Å². The molecule has 1 aromatic heterocycles. The van der Waals surface area contributed by atoms with Crippen LogP contribution in [-0.2, 0) is 23.8 Å². The van der Waals surface area contributed by atoms with E-state index < -0.39 is 11.0 Å². The third kappa shape index (κ3) is 3.57. The van der Waals surface area contributed by atoms with Crippen LogP contribution in [0.5, 0.6) is 0 Å². The van der Waals surface area contributed by atoms with E-state index in [9.17, 15) is 4.21 Å². The first-order chi connectivity index (χ1) is 9.30. The predicted octanol–water partition coefficient (Wildman–Crippen LogP) is 4.37. The van der Waals surface area contributed by atoms with Crippen LogP contribution in [0.3, 0.4) is 0 Å². The van der Waals surface area contributed by atoms with E-state index in [-0.39, 0.29) is 4.75 Å². The summed E-state index contributed by atoms with van der Waals surface area (Å²) < 4.78 is 17.7. The van der Waals surface area contributed by atoms with E-state index in [1.807, 2.05) is 20.8 Å². The van der Waals surface area contributed by atoms with Crippen LogP contribution in [0.25, 0.3) is 0 Å². The van der Waals surface area contributed by atoms with E-state index in [2.05, 4.69) is 41.2 Å². The Morgan fingerprint density at radius 1 is 1.20 bits per heavy atom. The van der Waals surface area contributed by atoms with Gasteiger partial charge in [-0.25, -0.2) is 9.19 Å². The third-order valence-electron chi connectivity index (χ3n) is 3.22. The molecule has 110 valence electrons.